The number of halogens is 2. The minimum atomic E-state index is -0.830. The lowest BCUT2D eigenvalue weighted by Crippen LogP contribution is -2.74. The van der Waals surface area contributed by atoms with Crippen molar-refractivity contribution < 1.29 is 4.79 Å². The van der Waals surface area contributed by atoms with Gasteiger partial charge in [0.25, 0.3) is 0 Å². The van der Waals surface area contributed by atoms with Gasteiger partial charge in [-0.2, -0.15) is 0 Å². The van der Waals surface area contributed by atoms with Crippen molar-refractivity contribution >= 4 is 29.0 Å². The van der Waals surface area contributed by atoms with E-state index in [2.05, 4.69) is 13.8 Å². The van der Waals surface area contributed by atoms with E-state index >= 15 is 0 Å². The standard InChI is InChI=1S/C33H54Cl2O/c1-3-5-6-7-25-10-14-27(15-11-25)29-18-22-32(23-19-29)30(36)31(33(32,34)35)20-16-28(17-21-31)26-12-8-24(4-2)9-13-26/h24-29H,3-23H2,1-2H3/t24?,25?,26?,27?,28-,29?,31+,32-. The van der Waals surface area contributed by atoms with Crippen LogP contribution < -0.4 is 0 Å². The van der Waals surface area contributed by atoms with Crippen LogP contribution in [0.3, 0.4) is 0 Å². The summed E-state index contributed by atoms with van der Waals surface area (Å²) in [4.78, 5) is 14.0. The van der Waals surface area contributed by atoms with Gasteiger partial charge in [0.2, 0.25) is 0 Å². The maximum atomic E-state index is 14.0. The molecule has 5 rings (SSSR count). The second-order valence-corrected chi connectivity index (χ2v) is 15.5. The van der Waals surface area contributed by atoms with E-state index in [4.69, 9.17) is 23.2 Å². The third kappa shape index (κ3) is 4.75. The summed E-state index contributed by atoms with van der Waals surface area (Å²) in [6.07, 6.45) is 26.8. The van der Waals surface area contributed by atoms with Gasteiger partial charge in [-0.25, -0.2) is 0 Å². The maximum absolute atomic E-state index is 14.0. The molecule has 0 aromatic carbocycles. The Balaban J connectivity index is 1.11. The second kappa shape index (κ2) is 11.4. The van der Waals surface area contributed by atoms with Crippen LogP contribution in [-0.4, -0.2) is 10.1 Å². The Morgan fingerprint density at radius 3 is 1.42 bits per heavy atom. The van der Waals surface area contributed by atoms with Crippen LogP contribution in [0.1, 0.15) is 149 Å². The molecule has 0 aromatic heterocycles. The first-order valence-corrected chi connectivity index (χ1v) is 17.0. The zero-order chi connectivity index (χ0) is 25.4. The zero-order valence-corrected chi connectivity index (χ0v) is 25.0. The van der Waals surface area contributed by atoms with E-state index in [9.17, 15) is 4.79 Å². The molecule has 206 valence electrons. The summed E-state index contributed by atoms with van der Waals surface area (Å²) in [6, 6.07) is 0. The van der Waals surface area contributed by atoms with Gasteiger partial charge in [0.1, 0.15) is 4.33 Å². The minimum absolute atomic E-state index is 0.434. The molecule has 0 aliphatic heterocycles. The number of unbranched alkanes of at least 4 members (excludes halogenated alkanes) is 2. The molecule has 0 radical (unpaired) electrons. The van der Waals surface area contributed by atoms with Crippen molar-refractivity contribution in [2.24, 2.45) is 46.3 Å². The number of alkyl halides is 2. The molecule has 0 N–H and O–H groups in total. The van der Waals surface area contributed by atoms with Crippen LogP contribution in [0.25, 0.3) is 0 Å². The van der Waals surface area contributed by atoms with Gasteiger partial charge in [0, 0.05) is 0 Å². The molecule has 1 nitrogen and oxygen atoms in total. The fraction of sp³-hybridized carbons (Fsp3) is 0.970. The summed E-state index contributed by atoms with van der Waals surface area (Å²) >= 11 is 14.6. The Hall–Kier alpha value is 0.250. The molecule has 5 fully saturated rings. The van der Waals surface area contributed by atoms with E-state index in [1.165, 1.54) is 109 Å². The van der Waals surface area contributed by atoms with Crippen LogP contribution >= 0.6 is 23.2 Å². The zero-order valence-electron chi connectivity index (χ0n) is 23.5. The summed E-state index contributed by atoms with van der Waals surface area (Å²) < 4.78 is -0.830. The fourth-order valence-electron chi connectivity index (χ4n) is 10.1. The normalized spacial score (nSPS) is 45.1. The minimum Gasteiger partial charge on any atom is -0.298 e. The van der Waals surface area contributed by atoms with Crippen molar-refractivity contribution in [1.29, 1.82) is 0 Å². The van der Waals surface area contributed by atoms with Crippen molar-refractivity contribution in [2.45, 2.75) is 153 Å². The first-order chi connectivity index (χ1) is 17.4. The van der Waals surface area contributed by atoms with Gasteiger partial charge in [-0.05, 0) is 113 Å². The third-order valence-electron chi connectivity index (χ3n) is 12.7. The van der Waals surface area contributed by atoms with Crippen molar-refractivity contribution in [3.05, 3.63) is 0 Å². The molecule has 2 spiro atoms. The first kappa shape index (κ1) is 27.8. The average Bonchev–Trinajstić information content (AvgIpc) is 2.93. The van der Waals surface area contributed by atoms with Gasteiger partial charge in [-0.3, -0.25) is 4.79 Å². The highest BCUT2D eigenvalue weighted by Crippen LogP contribution is 2.75. The molecule has 0 bridgehead atoms. The molecule has 3 heteroatoms. The topological polar surface area (TPSA) is 17.1 Å². The SMILES string of the molecule is CCCCCC1CCC(C2CC[C@]3(CC2)C(=O)[C@@]2(CC[C@@H](C4CCC(CC)CC4)CC2)C3(Cl)Cl)CC1. The summed E-state index contributed by atoms with van der Waals surface area (Å²) in [5.74, 6) is 5.78. The van der Waals surface area contributed by atoms with Crippen molar-refractivity contribution in [2.75, 3.05) is 0 Å². The Labute approximate surface area is 232 Å². The van der Waals surface area contributed by atoms with E-state index in [1.54, 1.807) is 0 Å². The maximum Gasteiger partial charge on any atom is 0.151 e. The molecular weight excluding hydrogens is 483 g/mol. The highest BCUT2D eigenvalue weighted by Gasteiger charge is 2.79. The Morgan fingerprint density at radius 1 is 0.611 bits per heavy atom. The highest BCUT2D eigenvalue weighted by atomic mass is 35.5. The van der Waals surface area contributed by atoms with Crippen molar-refractivity contribution in [3.8, 4) is 0 Å². The van der Waals surface area contributed by atoms with E-state index in [0.717, 1.165) is 61.2 Å². The lowest BCUT2D eigenvalue weighted by atomic mass is 9.41. The summed E-state index contributed by atoms with van der Waals surface area (Å²) in [5, 5.41) is 0. The van der Waals surface area contributed by atoms with Crippen LogP contribution in [0.5, 0.6) is 0 Å². The summed E-state index contributed by atoms with van der Waals surface area (Å²) in [5.41, 5.74) is -0.868. The van der Waals surface area contributed by atoms with Crippen LogP contribution in [0, 0.1) is 46.3 Å². The van der Waals surface area contributed by atoms with Crippen molar-refractivity contribution in [3.63, 3.8) is 0 Å². The lowest BCUT2D eigenvalue weighted by molar-refractivity contribution is -0.173. The molecule has 0 heterocycles. The third-order valence-corrected chi connectivity index (χ3v) is 14.2. The average molecular weight is 538 g/mol. The number of Topliss-reactive ketones (excluding diaryl/α,β-unsaturated/α-hetero) is 1. The molecule has 5 saturated carbocycles. The van der Waals surface area contributed by atoms with Gasteiger partial charge < -0.3 is 0 Å². The van der Waals surface area contributed by atoms with Gasteiger partial charge in [-0.15, -0.1) is 0 Å². The predicted octanol–water partition coefficient (Wildman–Crippen LogP) is 10.7. The van der Waals surface area contributed by atoms with Gasteiger partial charge in [0.05, 0.1) is 10.8 Å². The molecule has 5 aliphatic carbocycles. The van der Waals surface area contributed by atoms with E-state index in [1.807, 2.05) is 0 Å². The highest BCUT2D eigenvalue weighted by molar-refractivity contribution is 6.55. The second-order valence-electron chi connectivity index (χ2n) is 14.2. The monoisotopic (exact) mass is 536 g/mol. The van der Waals surface area contributed by atoms with Crippen LogP contribution in [0.2, 0.25) is 0 Å². The molecular formula is C33H54Cl2O. The molecule has 36 heavy (non-hydrogen) atoms. The molecule has 0 unspecified atom stereocenters. The van der Waals surface area contributed by atoms with Gasteiger partial charge in [0.15, 0.2) is 5.78 Å². The van der Waals surface area contributed by atoms with Crippen LogP contribution in [0.4, 0.5) is 0 Å². The largest absolute Gasteiger partial charge is 0.298 e. The number of hydrogen-bond acceptors (Lipinski definition) is 1. The molecule has 0 atom stereocenters. The summed E-state index contributed by atoms with van der Waals surface area (Å²) in [6.45, 7) is 4.66. The van der Waals surface area contributed by atoms with E-state index in [0.29, 0.717) is 5.78 Å². The smallest absolute Gasteiger partial charge is 0.151 e. The van der Waals surface area contributed by atoms with Crippen molar-refractivity contribution in [1.82, 2.24) is 0 Å². The Morgan fingerprint density at radius 2 is 1.03 bits per heavy atom. The number of carbonyl (C=O) groups excluding carboxylic acids is 1. The number of rotatable bonds is 7. The van der Waals surface area contributed by atoms with Gasteiger partial charge in [-0.1, -0.05) is 94.8 Å². The molecule has 0 saturated heterocycles. The van der Waals surface area contributed by atoms with Crippen LogP contribution in [-0.2, 0) is 4.79 Å². The van der Waals surface area contributed by atoms with E-state index in [-0.39, 0.29) is 0 Å². The Kier molecular flexibility index (Phi) is 8.80. The quantitative estimate of drug-likeness (QED) is 0.233. The first-order valence-electron chi connectivity index (χ1n) is 16.3. The number of hydrogen-bond donors (Lipinski definition) is 0. The molecule has 0 amide bonds. The van der Waals surface area contributed by atoms with E-state index < -0.39 is 15.2 Å². The van der Waals surface area contributed by atoms with Gasteiger partial charge >= 0.3 is 0 Å². The van der Waals surface area contributed by atoms with Crippen LogP contribution in [0.15, 0.2) is 0 Å². The number of ketones is 1. The lowest BCUT2D eigenvalue weighted by Gasteiger charge is -2.67. The Bertz CT molecular complexity index is 727. The summed E-state index contributed by atoms with van der Waals surface area (Å²) in [7, 11) is 0. The fourth-order valence-corrected chi connectivity index (χ4v) is 11.2. The molecule has 5 aliphatic rings. The number of carbonyl (C=O) groups is 1. The predicted molar refractivity (Wildman–Crippen MR) is 154 cm³/mol. The molecule has 0 aromatic rings.